The van der Waals surface area contributed by atoms with Gasteiger partial charge >= 0.3 is 5.97 Å². The van der Waals surface area contributed by atoms with Crippen LogP contribution >= 0.6 is 0 Å². The minimum atomic E-state index is -0.707. The number of hydrogen-bond acceptors (Lipinski definition) is 2. The second kappa shape index (κ2) is 13.6. The van der Waals surface area contributed by atoms with Crippen LogP contribution in [0.2, 0.25) is 0 Å². The van der Waals surface area contributed by atoms with E-state index in [2.05, 4.69) is 125 Å². The zero-order valence-corrected chi connectivity index (χ0v) is 27.8. The quantitative estimate of drug-likeness (QED) is 0.130. The fraction of sp³-hybridized carbons (Fsp3) is 0.526. The number of anilines is 1. The van der Waals surface area contributed by atoms with Crippen LogP contribution in [0.1, 0.15) is 91.7 Å². The number of carboxylic acids is 1. The molecule has 0 aromatic heterocycles. The van der Waals surface area contributed by atoms with Gasteiger partial charge in [-0.25, -0.2) is 0 Å². The Morgan fingerprint density at radius 1 is 0.860 bits per heavy atom. The molecule has 232 valence electrons. The maximum Gasteiger partial charge on any atom is 0.303 e. The third-order valence-corrected chi connectivity index (χ3v) is 10.4. The molecule has 0 aliphatic carbocycles. The van der Waals surface area contributed by atoms with Crippen molar-refractivity contribution in [1.29, 1.82) is 0 Å². The number of benzene rings is 2. The van der Waals surface area contributed by atoms with Crippen LogP contribution in [0.25, 0.3) is 0 Å². The molecule has 1 N–H and O–H groups in total. The average molecular weight is 586 g/mol. The number of unbranched alkanes of at least 4 members (excludes halogenated alkanes) is 2. The number of allylic oxidation sites excluding steroid dienone is 4. The molecule has 0 unspecified atom stereocenters. The smallest absolute Gasteiger partial charge is 0.303 e. The van der Waals surface area contributed by atoms with E-state index >= 15 is 0 Å². The molecule has 0 amide bonds. The van der Waals surface area contributed by atoms with E-state index in [4.69, 9.17) is 5.11 Å². The molecule has 5 nitrogen and oxygen atoms in total. The van der Waals surface area contributed by atoms with Crippen molar-refractivity contribution >= 4 is 23.1 Å². The topological polar surface area (TPSA) is 43.5 Å². The molecule has 2 aromatic carbocycles. The van der Waals surface area contributed by atoms with E-state index in [1.807, 2.05) is 0 Å². The van der Waals surface area contributed by atoms with Gasteiger partial charge in [-0.1, -0.05) is 62.7 Å². The molecule has 4 rings (SSSR count). The van der Waals surface area contributed by atoms with E-state index in [9.17, 15) is 4.79 Å². The number of hydrogen-bond donors (Lipinski definition) is 1. The average Bonchev–Trinajstić information content (AvgIpc) is 3.34. The number of para-hydroxylation sites is 2. The van der Waals surface area contributed by atoms with Crippen LogP contribution in [-0.2, 0) is 15.6 Å². The van der Waals surface area contributed by atoms with Gasteiger partial charge in [0.2, 0.25) is 5.69 Å². The highest BCUT2D eigenvalue weighted by Gasteiger charge is 2.44. The Kier molecular flexibility index (Phi) is 10.4. The first-order valence-corrected chi connectivity index (χ1v) is 16.6. The fourth-order valence-corrected chi connectivity index (χ4v) is 7.43. The lowest BCUT2D eigenvalue weighted by Crippen LogP contribution is -2.48. The van der Waals surface area contributed by atoms with Gasteiger partial charge in [-0.05, 0) is 65.2 Å². The molecular weight excluding hydrogens is 530 g/mol. The Morgan fingerprint density at radius 2 is 1.51 bits per heavy atom. The maximum absolute atomic E-state index is 11.0. The molecule has 2 aliphatic rings. The number of aliphatic carboxylic acids is 1. The lowest BCUT2D eigenvalue weighted by molar-refractivity contribution is -0.924. The van der Waals surface area contributed by atoms with Gasteiger partial charge in [-0.15, -0.1) is 0 Å². The van der Waals surface area contributed by atoms with Crippen LogP contribution in [0.4, 0.5) is 11.4 Å². The second-order valence-corrected chi connectivity index (χ2v) is 13.5. The fourth-order valence-electron chi connectivity index (χ4n) is 7.43. The SMILES string of the molecule is CC[N+](CC)(CC)CCC[N+]1=C(C=CC=C2N(CCCCCC(=O)O)c3ccccc3C2(C)C)C(C)(C)c2ccccc21. The Morgan fingerprint density at radius 3 is 2.19 bits per heavy atom. The van der Waals surface area contributed by atoms with Gasteiger partial charge in [-0.3, -0.25) is 4.79 Å². The normalized spacial score (nSPS) is 18.1. The lowest BCUT2D eigenvalue weighted by Gasteiger charge is -2.35. The van der Waals surface area contributed by atoms with E-state index in [1.54, 1.807) is 0 Å². The number of rotatable bonds is 15. The standard InChI is InChI=1S/C38H54N3O2/c1-8-41(9-2,10-3)29-19-28-40-33-23-16-14-21-31(33)38(6,7)35(40)25-18-24-34-37(4,5)30-20-13-15-22-32(30)39(34)27-17-11-12-26-36(42)43/h13-16,18,20-25H,8-12,17,19,26-29H2,1-7H3/q+1/p+1. The van der Waals surface area contributed by atoms with Crippen LogP contribution < -0.4 is 4.90 Å². The Labute approximate surface area is 260 Å². The van der Waals surface area contributed by atoms with E-state index in [0.717, 1.165) is 38.8 Å². The van der Waals surface area contributed by atoms with Crippen LogP contribution in [-0.4, -0.2) is 65.1 Å². The molecule has 2 aromatic rings. The third-order valence-electron chi connectivity index (χ3n) is 10.4. The molecule has 0 fully saturated rings. The van der Waals surface area contributed by atoms with Gasteiger partial charge < -0.3 is 14.5 Å². The summed E-state index contributed by atoms with van der Waals surface area (Å²) in [6.45, 7) is 23.1. The summed E-state index contributed by atoms with van der Waals surface area (Å²) < 4.78 is 3.76. The Hall–Kier alpha value is -3.18. The van der Waals surface area contributed by atoms with Gasteiger partial charge in [0, 0.05) is 47.5 Å². The van der Waals surface area contributed by atoms with Crippen molar-refractivity contribution in [2.24, 2.45) is 0 Å². The lowest BCUT2D eigenvalue weighted by atomic mass is 9.81. The van der Waals surface area contributed by atoms with Crippen molar-refractivity contribution < 1.29 is 19.0 Å². The zero-order chi connectivity index (χ0) is 31.3. The van der Waals surface area contributed by atoms with E-state index < -0.39 is 5.97 Å². The molecule has 2 heterocycles. The van der Waals surface area contributed by atoms with Crippen molar-refractivity contribution in [3.8, 4) is 0 Å². The summed E-state index contributed by atoms with van der Waals surface area (Å²) in [6, 6.07) is 17.7. The van der Waals surface area contributed by atoms with Crippen molar-refractivity contribution in [3.05, 3.63) is 83.6 Å². The number of fused-ring (bicyclic) bond motifs is 2. The third kappa shape index (κ3) is 6.67. The van der Waals surface area contributed by atoms with Crippen LogP contribution in [0.3, 0.4) is 0 Å². The first-order chi connectivity index (χ1) is 20.5. The summed E-state index contributed by atoms with van der Waals surface area (Å²) >= 11 is 0. The number of carboxylic acid groups (broad SMARTS) is 1. The largest absolute Gasteiger partial charge is 0.481 e. The molecular formula is C38H55N3O2+2. The molecule has 0 saturated heterocycles. The monoisotopic (exact) mass is 585 g/mol. The second-order valence-electron chi connectivity index (χ2n) is 13.5. The molecule has 0 spiro atoms. The van der Waals surface area contributed by atoms with Crippen LogP contribution in [0, 0.1) is 0 Å². The number of carbonyl (C=O) groups is 1. The predicted molar refractivity (Wildman–Crippen MR) is 181 cm³/mol. The molecule has 0 atom stereocenters. The molecule has 0 saturated carbocycles. The maximum atomic E-state index is 11.0. The van der Waals surface area contributed by atoms with Crippen molar-refractivity contribution in [2.75, 3.05) is 44.2 Å². The highest BCUT2D eigenvalue weighted by Crippen LogP contribution is 2.48. The minimum absolute atomic E-state index is 0.0736. The summed E-state index contributed by atoms with van der Waals surface area (Å²) in [6.07, 6.45) is 11.0. The van der Waals surface area contributed by atoms with Crippen LogP contribution in [0.15, 0.2) is 72.5 Å². The number of nitrogens with zero attached hydrogens (tertiary/aromatic N) is 3. The van der Waals surface area contributed by atoms with Gasteiger partial charge in [0.05, 0.1) is 38.0 Å². The van der Waals surface area contributed by atoms with Crippen molar-refractivity contribution in [2.45, 2.75) is 91.4 Å². The highest BCUT2D eigenvalue weighted by molar-refractivity contribution is 6.03. The van der Waals surface area contributed by atoms with Gasteiger partial charge in [0.1, 0.15) is 0 Å². The highest BCUT2D eigenvalue weighted by atomic mass is 16.4. The van der Waals surface area contributed by atoms with E-state index in [-0.39, 0.29) is 17.3 Å². The van der Waals surface area contributed by atoms with E-state index in [1.165, 1.54) is 64.6 Å². The number of quaternary nitrogens is 1. The van der Waals surface area contributed by atoms with E-state index in [0.29, 0.717) is 0 Å². The minimum Gasteiger partial charge on any atom is -0.481 e. The molecule has 0 radical (unpaired) electrons. The summed E-state index contributed by atoms with van der Waals surface area (Å²) in [4.78, 5) is 13.5. The van der Waals surface area contributed by atoms with Gasteiger partial charge in [-0.2, -0.15) is 4.58 Å². The zero-order valence-electron chi connectivity index (χ0n) is 27.8. The molecule has 0 bridgehead atoms. The summed E-state index contributed by atoms with van der Waals surface area (Å²) in [5, 5.41) is 9.05. The first kappa shape index (κ1) is 32.7. The molecule has 5 heteroatoms. The summed E-state index contributed by atoms with van der Waals surface area (Å²) in [7, 11) is 0. The predicted octanol–water partition coefficient (Wildman–Crippen LogP) is 8.21. The first-order valence-electron chi connectivity index (χ1n) is 16.6. The van der Waals surface area contributed by atoms with Crippen molar-refractivity contribution in [1.82, 2.24) is 0 Å². The van der Waals surface area contributed by atoms with Gasteiger partial charge in [0.15, 0.2) is 12.3 Å². The summed E-state index contributed by atoms with van der Waals surface area (Å²) in [5.41, 5.74) is 7.87. The van der Waals surface area contributed by atoms with Crippen LogP contribution in [0.5, 0.6) is 0 Å². The Balaban J connectivity index is 1.64. The van der Waals surface area contributed by atoms with Gasteiger partial charge in [0.25, 0.3) is 0 Å². The molecule has 2 aliphatic heterocycles. The molecule has 43 heavy (non-hydrogen) atoms. The van der Waals surface area contributed by atoms with Crippen molar-refractivity contribution in [3.63, 3.8) is 0 Å². The summed E-state index contributed by atoms with van der Waals surface area (Å²) in [5.74, 6) is -0.707. The Bertz CT molecular complexity index is 1370.